The lowest BCUT2D eigenvalue weighted by Crippen LogP contribution is -2.29. The monoisotopic (exact) mass is 261 g/mol. The Morgan fingerprint density at radius 3 is 2.50 bits per heavy atom. The summed E-state index contributed by atoms with van der Waals surface area (Å²) in [5.41, 5.74) is 5.56. The molecule has 18 heavy (non-hydrogen) atoms. The number of nitrogens with two attached hydrogens (primary N) is 1. The van der Waals surface area contributed by atoms with Gasteiger partial charge in [-0.1, -0.05) is 0 Å². The van der Waals surface area contributed by atoms with Crippen LogP contribution in [-0.4, -0.2) is 15.8 Å². The molecule has 0 amide bonds. The minimum Gasteiger partial charge on any atom is -0.328 e. The Bertz CT molecular complexity index is 403. The van der Waals surface area contributed by atoms with Crippen molar-refractivity contribution in [3.05, 3.63) is 17.5 Å². The van der Waals surface area contributed by atoms with Crippen LogP contribution in [0.3, 0.4) is 0 Å². The molecular weight excluding hydrogens is 243 g/mol. The molecule has 0 radical (unpaired) electrons. The fraction of sp³-hybridized carbons (Fsp3) is 0.750. The molecule has 1 aromatic heterocycles. The standard InChI is InChI=1S/C12H18F3N3/c1-8-6-11(12(13,14)15)18(17-8)7-9-2-4-10(16)5-3-9/h6,9-10H,2-5,7,16H2,1H3. The lowest BCUT2D eigenvalue weighted by molar-refractivity contribution is -0.144. The highest BCUT2D eigenvalue weighted by Gasteiger charge is 2.36. The zero-order valence-electron chi connectivity index (χ0n) is 10.4. The van der Waals surface area contributed by atoms with Gasteiger partial charge < -0.3 is 5.73 Å². The van der Waals surface area contributed by atoms with Gasteiger partial charge >= 0.3 is 6.18 Å². The molecule has 0 atom stereocenters. The third-order valence-electron chi connectivity index (χ3n) is 3.52. The Balaban J connectivity index is 2.09. The van der Waals surface area contributed by atoms with Crippen LogP contribution < -0.4 is 5.73 Å². The molecule has 0 bridgehead atoms. The summed E-state index contributed by atoms with van der Waals surface area (Å²) in [5, 5.41) is 3.96. The van der Waals surface area contributed by atoms with Crippen molar-refractivity contribution in [1.29, 1.82) is 0 Å². The third kappa shape index (κ3) is 3.04. The Morgan fingerprint density at radius 2 is 1.94 bits per heavy atom. The van der Waals surface area contributed by atoms with Crippen LogP contribution >= 0.6 is 0 Å². The molecule has 0 saturated heterocycles. The Labute approximate surface area is 104 Å². The molecule has 1 saturated carbocycles. The van der Waals surface area contributed by atoms with Crippen LogP contribution in [0.2, 0.25) is 0 Å². The largest absolute Gasteiger partial charge is 0.433 e. The van der Waals surface area contributed by atoms with Crippen molar-refractivity contribution in [3.8, 4) is 0 Å². The molecule has 0 spiro atoms. The topological polar surface area (TPSA) is 43.8 Å². The number of aryl methyl sites for hydroxylation is 1. The summed E-state index contributed by atoms with van der Waals surface area (Å²) in [7, 11) is 0. The highest BCUT2D eigenvalue weighted by Crippen LogP contribution is 2.32. The third-order valence-corrected chi connectivity index (χ3v) is 3.52. The predicted molar refractivity (Wildman–Crippen MR) is 61.9 cm³/mol. The van der Waals surface area contributed by atoms with Gasteiger partial charge in [0.2, 0.25) is 0 Å². The van der Waals surface area contributed by atoms with E-state index < -0.39 is 11.9 Å². The Morgan fingerprint density at radius 1 is 1.33 bits per heavy atom. The quantitative estimate of drug-likeness (QED) is 0.889. The Hall–Kier alpha value is -1.04. The molecule has 1 aliphatic rings. The molecule has 3 nitrogen and oxygen atoms in total. The van der Waals surface area contributed by atoms with E-state index >= 15 is 0 Å². The van der Waals surface area contributed by atoms with Gasteiger partial charge in [0, 0.05) is 12.6 Å². The lowest BCUT2D eigenvalue weighted by Gasteiger charge is -2.26. The SMILES string of the molecule is Cc1cc(C(F)(F)F)n(CC2CCC(N)CC2)n1. The van der Waals surface area contributed by atoms with Crippen molar-refractivity contribution < 1.29 is 13.2 Å². The molecule has 2 rings (SSSR count). The second-order valence-corrected chi connectivity index (χ2v) is 5.13. The second kappa shape index (κ2) is 4.91. The first-order chi connectivity index (χ1) is 8.36. The molecule has 6 heteroatoms. The molecule has 102 valence electrons. The normalized spacial score (nSPS) is 25.4. The van der Waals surface area contributed by atoms with Crippen LogP contribution in [0.5, 0.6) is 0 Å². The highest BCUT2D eigenvalue weighted by atomic mass is 19.4. The van der Waals surface area contributed by atoms with Gasteiger partial charge in [-0.15, -0.1) is 0 Å². The molecular formula is C12H18F3N3. The minimum absolute atomic E-state index is 0.211. The maximum absolute atomic E-state index is 12.8. The van der Waals surface area contributed by atoms with Crippen LogP contribution in [0, 0.1) is 12.8 Å². The van der Waals surface area contributed by atoms with E-state index in [0.29, 0.717) is 12.2 Å². The average molecular weight is 261 g/mol. The summed E-state index contributed by atoms with van der Waals surface area (Å²) in [5.74, 6) is 0.255. The zero-order chi connectivity index (χ0) is 13.3. The fourth-order valence-corrected chi connectivity index (χ4v) is 2.53. The van der Waals surface area contributed by atoms with Crippen molar-refractivity contribution in [1.82, 2.24) is 9.78 Å². The number of nitrogens with zero attached hydrogens (tertiary/aromatic N) is 2. The van der Waals surface area contributed by atoms with E-state index in [-0.39, 0.29) is 12.0 Å². The summed E-state index contributed by atoms with van der Waals surface area (Å²) in [6.45, 7) is 1.93. The van der Waals surface area contributed by atoms with Gasteiger partial charge in [0.25, 0.3) is 0 Å². The van der Waals surface area contributed by atoms with E-state index in [0.717, 1.165) is 36.4 Å². The van der Waals surface area contributed by atoms with Crippen molar-refractivity contribution in [2.75, 3.05) is 0 Å². The number of hydrogen-bond donors (Lipinski definition) is 1. The summed E-state index contributed by atoms with van der Waals surface area (Å²) in [6, 6.07) is 1.32. The van der Waals surface area contributed by atoms with Gasteiger partial charge in [0.05, 0.1) is 5.69 Å². The van der Waals surface area contributed by atoms with Gasteiger partial charge in [0.1, 0.15) is 5.69 Å². The summed E-state index contributed by atoms with van der Waals surface area (Å²) in [6.07, 6.45) is -0.764. The van der Waals surface area contributed by atoms with Gasteiger partial charge in [-0.2, -0.15) is 18.3 Å². The highest BCUT2D eigenvalue weighted by molar-refractivity contribution is 5.12. The fourth-order valence-electron chi connectivity index (χ4n) is 2.53. The molecule has 0 aromatic carbocycles. The molecule has 2 N–H and O–H groups in total. The molecule has 1 fully saturated rings. The number of hydrogen-bond acceptors (Lipinski definition) is 2. The summed E-state index contributed by atoms with van der Waals surface area (Å²) in [4.78, 5) is 0. The van der Waals surface area contributed by atoms with Crippen LogP contribution in [0.15, 0.2) is 6.07 Å². The molecule has 0 unspecified atom stereocenters. The lowest BCUT2D eigenvalue weighted by atomic mass is 9.86. The van der Waals surface area contributed by atoms with E-state index in [4.69, 9.17) is 5.73 Å². The van der Waals surface area contributed by atoms with Crippen LogP contribution in [0.25, 0.3) is 0 Å². The van der Waals surface area contributed by atoms with Gasteiger partial charge in [-0.05, 0) is 44.6 Å². The average Bonchev–Trinajstić information content (AvgIpc) is 2.63. The van der Waals surface area contributed by atoms with E-state index in [1.807, 2.05) is 0 Å². The van der Waals surface area contributed by atoms with Crippen LogP contribution in [0.1, 0.15) is 37.1 Å². The van der Waals surface area contributed by atoms with E-state index in [1.165, 1.54) is 0 Å². The molecule has 1 aliphatic carbocycles. The van der Waals surface area contributed by atoms with Crippen molar-refractivity contribution in [2.45, 2.75) is 51.4 Å². The first-order valence-corrected chi connectivity index (χ1v) is 6.23. The maximum Gasteiger partial charge on any atom is 0.433 e. The smallest absolute Gasteiger partial charge is 0.328 e. The summed E-state index contributed by atoms with van der Waals surface area (Å²) >= 11 is 0. The van der Waals surface area contributed by atoms with Crippen molar-refractivity contribution >= 4 is 0 Å². The number of alkyl halides is 3. The van der Waals surface area contributed by atoms with Crippen LogP contribution in [-0.2, 0) is 12.7 Å². The van der Waals surface area contributed by atoms with Gasteiger partial charge in [-0.3, -0.25) is 4.68 Å². The second-order valence-electron chi connectivity index (χ2n) is 5.13. The van der Waals surface area contributed by atoms with Gasteiger partial charge in [-0.25, -0.2) is 0 Å². The van der Waals surface area contributed by atoms with Crippen LogP contribution in [0.4, 0.5) is 13.2 Å². The molecule has 0 aliphatic heterocycles. The molecule has 1 heterocycles. The van der Waals surface area contributed by atoms with Crippen molar-refractivity contribution in [3.63, 3.8) is 0 Å². The van der Waals surface area contributed by atoms with E-state index in [2.05, 4.69) is 5.10 Å². The molecule has 1 aromatic rings. The summed E-state index contributed by atoms with van der Waals surface area (Å²) < 4.78 is 39.5. The van der Waals surface area contributed by atoms with Crippen molar-refractivity contribution in [2.24, 2.45) is 11.7 Å². The first kappa shape index (κ1) is 13.4. The van der Waals surface area contributed by atoms with E-state index in [9.17, 15) is 13.2 Å². The predicted octanol–water partition coefficient (Wildman–Crippen LogP) is 2.73. The number of aromatic nitrogens is 2. The van der Waals surface area contributed by atoms with E-state index in [1.54, 1.807) is 6.92 Å². The Kier molecular flexibility index (Phi) is 3.66. The maximum atomic E-state index is 12.8. The minimum atomic E-state index is -4.33. The van der Waals surface area contributed by atoms with Gasteiger partial charge in [0.15, 0.2) is 0 Å². The number of halogens is 3. The number of rotatable bonds is 2. The first-order valence-electron chi connectivity index (χ1n) is 6.23. The zero-order valence-corrected chi connectivity index (χ0v) is 10.4.